The summed E-state index contributed by atoms with van der Waals surface area (Å²) in [4.78, 5) is 0. The third-order valence-corrected chi connectivity index (χ3v) is 3.63. The molecule has 2 atom stereocenters. The molecule has 1 aliphatic heterocycles. The monoisotopic (exact) mass is 184 g/mol. The van der Waals surface area contributed by atoms with Crippen LogP contribution in [0.15, 0.2) is 0 Å². The topological polar surface area (TPSA) is 9.23 Å². The Hall–Kier alpha value is -0.0400. The second-order valence-corrected chi connectivity index (χ2v) is 6.03. The molecule has 0 bridgehead atoms. The Morgan fingerprint density at radius 2 is 1.85 bits per heavy atom. The molecule has 0 aromatic heterocycles. The van der Waals surface area contributed by atoms with E-state index < -0.39 is 0 Å². The van der Waals surface area contributed by atoms with Gasteiger partial charge in [0.25, 0.3) is 0 Å². The molecule has 1 rings (SSSR count). The van der Waals surface area contributed by atoms with E-state index in [9.17, 15) is 0 Å². The molecule has 1 heterocycles. The van der Waals surface area contributed by atoms with Gasteiger partial charge in [-0.2, -0.15) is 0 Å². The molecule has 1 saturated heterocycles. The van der Waals surface area contributed by atoms with Crippen LogP contribution in [-0.4, -0.2) is 12.7 Å². The lowest BCUT2D eigenvalue weighted by molar-refractivity contribution is -0.0411. The van der Waals surface area contributed by atoms with Gasteiger partial charge in [0.2, 0.25) is 0 Å². The van der Waals surface area contributed by atoms with Crippen LogP contribution in [0.2, 0.25) is 0 Å². The fraction of sp³-hybridized carbons (Fsp3) is 1.00. The van der Waals surface area contributed by atoms with Crippen LogP contribution >= 0.6 is 0 Å². The van der Waals surface area contributed by atoms with Crippen molar-refractivity contribution >= 4 is 0 Å². The smallest absolute Gasteiger partial charge is 0.0680 e. The van der Waals surface area contributed by atoms with Gasteiger partial charge in [0.05, 0.1) is 6.10 Å². The van der Waals surface area contributed by atoms with Crippen LogP contribution in [0.4, 0.5) is 0 Å². The van der Waals surface area contributed by atoms with Crippen molar-refractivity contribution in [1.29, 1.82) is 0 Å². The maximum absolute atomic E-state index is 5.89. The highest BCUT2D eigenvalue weighted by molar-refractivity contribution is 4.96. The zero-order valence-electron chi connectivity index (χ0n) is 9.98. The van der Waals surface area contributed by atoms with Crippen LogP contribution in [-0.2, 0) is 4.74 Å². The van der Waals surface area contributed by atoms with Gasteiger partial charge in [-0.1, -0.05) is 41.5 Å². The van der Waals surface area contributed by atoms with Crippen LogP contribution in [0.1, 0.15) is 48.0 Å². The summed E-state index contributed by atoms with van der Waals surface area (Å²) in [6.07, 6.45) is 1.63. The Morgan fingerprint density at radius 1 is 1.31 bits per heavy atom. The van der Waals surface area contributed by atoms with Gasteiger partial charge in [-0.05, 0) is 23.2 Å². The molecule has 2 unspecified atom stereocenters. The lowest BCUT2D eigenvalue weighted by Crippen LogP contribution is -2.41. The molecule has 1 fully saturated rings. The molecule has 0 amide bonds. The fourth-order valence-electron chi connectivity index (χ4n) is 2.55. The average molecular weight is 184 g/mol. The highest BCUT2D eigenvalue weighted by atomic mass is 16.5. The Kier molecular flexibility index (Phi) is 2.78. The van der Waals surface area contributed by atoms with Crippen LogP contribution in [0.25, 0.3) is 0 Å². The lowest BCUT2D eigenvalue weighted by atomic mass is 9.66. The standard InChI is InChI=1S/C12H24O/c1-9(2)12(6)7-8-13-10(12)11(3,4)5/h9-10H,7-8H2,1-6H3. The molecule has 0 aromatic carbocycles. The van der Waals surface area contributed by atoms with Gasteiger partial charge in [-0.3, -0.25) is 0 Å². The van der Waals surface area contributed by atoms with Crippen LogP contribution < -0.4 is 0 Å². The van der Waals surface area contributed by atoms with Gasteiger partial charge < -0.3 is 4.74 Å². The first-order chi connectivity index (χ1) is 5.78. The number of hydrogen-bond acceptors (Lipinski definition) is 1. The third-order valence-electron chi connectivity index (χ3n) is 3.63. The Morgan fingerprint density at radius 3 is 2.15 bits per heavy atom. The van der Waals surface area contributed by atoms with Crippen molar-refractivity contribution in [3.8, 4) is 0 Å². The van der Waals surface area contributed by atoms with E-state index in [0.29, 0.717) is 17.4 Å². The highest BCUT2D eigenvalue weighted by Crippen LogP contribution is 2.48. The van der Waals surface area contributed by atoms with Crippen molar-refractivity contribution < 1.29 is 4.74 Å². The van der Waals surface area contributed by atoms with Gasteiger partial charge >= 0.3 is 0 Å². The van der Waals surface area contributed by atoms with Crippen molar-refractivity contribution in [2.24, 2.45) is 16.7 Å². The molecule has 1 heteroatoms. The molecule has 0 aliphatic carbocycles. The molecular weight excluding hydrogens is 160 g/mol. The molecule has 1 nitrogen and oxygen atoms in total. The van der Waals surface area contributed by atoms with E-state index in [4.69, 9.17) is 4.74 Å². The van der Waals surface area contributed by atoms with E-state index in [1.165, 1.54) is 6.42 Å². The molecule has 1 aliphatic rings. The van der Waals surface area contributed by atoms with E-state index in [1.807, 2.05) is 0 Å². The fourth-order valence-corrected chi connectivity index (χ4v) is 2.55. The lowest BCUT2D eigenvalue weighted by Gasteiger charge is -2.41. The molecule has 78 valence electrons. The van der Waals surface area contributed by atoms with E-state index in [0.717, 1.165) is 6.61 Å². The zero-order valence-corrected chi connectivity index (χ0v) is 9.98. The van der Waals surface area contributed by atoms with E-state index in [-0.39, 0.29) is 5.41 Å². The summed E-state index contributed by atoms with van der Waals surface area (Å²) in [6.45, 7) is 14.8. The average Bonchev–Trinajstić information content (AvgIpc) is 2.31. The van der Waals surface area contributed by atoms with Gasteiger partial charge in [-0.25, -0.2) is 0 Å². The predicted molar refractivity (Wildman–Crippen MR) is 56.8 cm³/mol. The molecule has 0 saturated carbocycles. The Labute approximate surface area is 82.9 Å². The molecule has 0 N–H and O–H groups in total. The van der Waals surface area contributed by atoms with E-state index in [2.05, 4.69) is 41.5 Å². The first-order valence-corrected chi connectivity index (χ1v) is 5.40. The van der Waals surface area contributed by atoms with E-state index >= 15 is 0 Å². The SMILES string of the molecule is CC(C)C1(C)CCOC1C(C)(C)C. The van der Waals surface area contributed by atoms with Crippen molar-refractivity contribution in [3.05, 3.63) is 0 Å². The predicted octanol–water partition coefficient (Wildman–Crippen LogP) is 3.48. The van der Waals surface area contributed by atoms with Gasteiger partial charge in [-0.15, -0.1) is 0 Å². The second-order valence-electron chi connectivity index (χ2n) is 6.03. The maximum atomic E-state index is 5.89. The molecule has 0 spiro atoms. The van der Waals surface area contributed by atoms with Crippen molar-refractivity contribution in [2.45, 2.75) is 54.1 Å². The Bertz CT molecular complexity index is 178. The normalized spacial score (nSPS) is 35.8. The maximum Gasteiger partial charge on any atom is 0.0680 e. The molecule has 0 aromatic rings. The number of rotatable bonds is 1. The number of hydrogen-bond donors (Lipinski definition) is 0. The molecular formula is C12H24O. The minimum absolute atomic E-state index is 0.273. The number of ether oxygens (including phenoxy) is 1. The summed E-state index contributed by atoms with van der Waals surface area (Å²) in [6, 6.07) is 0. The first kappa shape index (κ1) is 11.0. The van der Waals surface area contributed by atoms with Crippen molar-refractivity contribution in [3.63, 3.8) is 0 Å². The van der Waals surface area contributed by atoms with Crippen LogP contribution in [0.5, 0.6) is 0 Å². The summed E-state index contributed by atoms with van der Waals surface area (Å²) in [5.74, 6) is 0.708. The van der Waals surface area contributed by atoms with Gasteiger partial charge in [0.1, 0.15) is 0 Å². The summed E-state index contributed by atoms with van der Waals surface area (Å²) >= 11 is 0. The van der Waals surface area contributed by atoms with Crippen molar-refractivity contribution in [2.75, 3.05) is 6.61 Å². The minimum atomic E-state index is 0.273. The van der Waals surface area contributed by atoms with E-state index in [1.54, 1.807) is 0 Å². The third kappa shape index (κ3) is 1.90. The van der Waals surface area contributed by atoms with Crippen LogP contribution in [0, 0.1) is 16.7 Å². The second kappa shape index (κ2) is 3.27. The zero-order chi connectivity index (χ0) is 10.3. The first-order valence-electron chi connectivity index (χ1n) is 5.40. The molecule has 13 heavy (non-hydrogen) atoms. The minimum Gasteiger partial charge on any atom is -0.377 e. The van der Waals surface area contributed by atoms with Gasteiger partial charge in [0.15, 0.2) is 0 Å². The largest absolute Gasteiger partial charge is 0.377 e. The van der Waals surface area contributed by atoms with Gasteiger partial charge in [0, 0.05) is 6.61 Å². The highest BCUT2D eigenvalue weighted by Gasteiger charge is 2.47. The quantitative estimate of drug-likeness (QED) is 0.606. The summed E-state index contributed by atoms with van der Waals surface area (Å²) in [5, 5.41) is 0. The summed E-state index contributed by atoms with van der Waals surface area (Å²) < 4.78 is 5.89. The molecule has 0 radical (unpaired) electrons. The summed E-state index contributed by atoms with van der Waals surface area (Å²) in [5.41, 5.74) is 0.647. The Balaban J connectivity index is 2.86. The van der Waals surface area contributed by atoms with Crippen LogP contribution in [0.3, 0.4) is 0 Å². The van der Waals surface area contributed by atoms with Crippen molar-refractivity contribution in [1.82, 2.24) is 0 Å². The summed E-state index contributed by atoms with van der Waals surface area (Å²) in [7, 11) is 0.